The van der Waals surface area contributed by atoms with Crippen molar-refractivity contribution in [3.05, 3.63) is 11.6 Å². The first-order valence-corrected chi connectivity index (χ1v) is 27.2. The van der Waals surface area contributed by atoms with Gasteiger partial charge in [0.15, 0.2) is 31.3 Å². The highest BCUT2D eigenvalue weighted by atomic mass is 16.8. The Balaban J connectivity index is 0.748. The maximum absolute atomic E-state index is 12.7. The summed E-state index contributed by atoms with van der Waals surface area (Å²) in [6, 6.07) is 0. The molecule has 8 fully saturated rings. The maximum atomic E-state index is 12.7. The zero-order valence-electron chi connectivity index (χ0n) is 44.0. The van der Waals surface area contributed by atoms with Crippen molar-refractivity contribution < 1.29 is 102 Å². The van der Waals surface area contributed by atoms with Crippen molar-refractivity contribution >= 4 is 17.9 Å². The number of ether oxygens (including phenoxy) is 11. The molecule has 0 aromatic heterocycles. The van der Waals surface area contributed by atoms with Crippen molar-refractivity contribution in [1.82, 2.24) is 0 Å². The minimum atomic E-state index is -1.73. The average molecular weight is 1060 g/mol. The molecule has 0 radical (unpaired) electrons. The predicted octanol–water partition coefficient (Wildman–Crippen LogP) is 1.82. The number of hydrogen-bond acceptors (Lipinski definition) is 21. The van der Waals surface area contributed by atoms with Gasteiger partial charge in [-0.1, -0.05) is 27.7 Å². The highest BCUT2D eigenvalue weighted by Crippen LogP contribution is 2.70. The third-order valence-electron chi connectivity index (χ3n) is 19.0. The zero-order chi connectivity index (χ0) is 53.3. The van der Waals surface area contributed by atoms with Gasteiger partial charge in [-0.05, 0) is 107 Å². The van der Waals surface area contributed by atoms with Crippen LogP contribution in [0.25, 0.3) is 0 Å². The summed E-state index contributed by atoms with van der Waals surface area (Å²) >= 11 is 0. The minimum Gasteiger partial charge on any atom is -0.459 e. The number of carbonyl (C=O) groups excluding carboxylic acids is 3. The molecule has 74 heavy (non-hydrogen) atoms. The molecule has 5 heterocycles. The Morgan fingerprint density at radius 2 is 1.34 bits per heavy atom. The molecule has 21 heteroatoms. The van der Waals surface area contributed by atoms with Gasteiger partial charge in [-0.2, -0.15) is 0 Å². The van der Waals surface area contributed by atoms with Crippen LogP contribution in [0.15, 0.2) is 11.6 Å². The largest absolute Gasteiger partial charge is 0.459 e. The van der Waals surface area contributed by atoms with Crippen LogP contribution in [-0.2, 0) is 66.5 Å². The molecule has 9 rings (SSSR count). The SMILES string of the molecule is CC(=O)O[C@H]1C[C@H](O[C@H]2[C@@H](O)C[C@H](O[C@H]3[C@@H](O)C[C@H](O[C@H]4CC[C@@]5(C)[C@H](CC[C@@H]6[C@@H]5C[C@@H](O)[C@]5(C)[C@@H](C7=CC(=O)OC7)CC[C@]65O)C4)O[C@@H]3C)O[C@@H]2C)O[C@H](C)[C@H]1O[C@@H]1O[C@H](CO)[C@@H](OC(=O)C(C)C)[C@H](O)[C@H]1O. The van der Waals surface area contributed by atoms with E-state index >= 15 is 0 Å². The summed E-state index contributed by atoms with van der Waals surface area (Å²) in [5, 5.41) is 79.5. The molecule has 9 aliphatic rings. The lowest BCUT2D eigenvalue weighted by Crippen LogP contribution is -2.67. The molecule has 5 aliphatic heterocycles. The third-order valence-corrected chi connectivity index (χ3v) is 19.0. The Bertz CT molecular complexity index is 2010. The summed E-state index contributed by atoms with van der Waals surface area (Å²) in [5.74, 6) is -1.82. The normalized spacial score (nSPS) is 50.5. The van der Waals surface area contributed by atoms with Gasteiger partial charge >= 0.3 is 17.9 Å². The van der Waals surface area contributed by atoms with Crippen LogP contribution in [0.1, 0.15) is 126 Å². The summed E-state index contributed by atoms with van der Waals surface area (Å²) in [5.41, 5.74) is -1.03. The lowest BCUT2D eigenvalue weighted by atomic mass is 9.42. The fourth-order valence-corrected chi connectivity index (χ4v) is 15.0. The molecule has 21 nitrogen and oxygen atoms in total. The van der Waals surface area contributed by atoms with E-state index in [1.165, 1.54) is 6.92 Å². The number of aliphatic hydroxyl groups excluding tert-OH is 6. The summed E-state index contributed by atoms with van der Waals surface area (Å²) in [6.07, 6.45) is -11.3. The second kappa shape index (κ2) is 22.0. The van der Waals surface area contributed by atoms with Gasteiger partial charge in [0.05, 0.1) is 60.9 Å². The minimum absolute atomic E-state index is 0.0165. The van der Waals surface area contributed by atoms with Crippen molar-refractivity contribution in [3.63, 3.8) is 0 Å². The summed E-state index contributed by atoms with van der Waals surface area (Å²) in [6.45, 7) is 13.4. The van der Waals surface area contributed by atoms with Crippen LogP contribution in [-0.4, -0.2) is 189 Å². The molecular weight excluding hydrogens is 973 g/mol. The molecule has 7 N–H and O–H groups in total. The third kappa shape index (κ3) is 10.5. The van der Waals surface area contributed by atoms with Crippen LogP contribution < -0.4 is 0 Å². The first kappa shape index (κ1) is 56.3. The van der Waals surface area contributed by atoms with Crippen LogP contribution in [0.3, 0.4) is 0 Å². The van der Waals surface area contributed by atoms with Crippen molar-refractivity contribution in [1.29, 1.82) is 0 Å². The van der Waals surface area contributed by atoms with Gasteiger partial charge in [0.25, 0.3) is 0 Å². The molecule has 4 saturated carbocycles. The number of carbonyl (C=O) groups is 3. The van der Waals surface area contributed by atoms with E-state index in [0.29, 0.717) is 25.2 Å². The van der Waals surface area contributed by atoms with E-state index in [4.69, 9.17) is 52.1 Å². The number of rotatable bonds is 13. The summed E-state index contributed by atoms with van der Waals surface area (Å²) in [7, 11) is 0. The molecule has 26 atom stereocenters. The fourth-order valence-electron chi connectivity index (χ4n) is 15.0. The Morgan fingerprint density at radius 3 is 1.92 bits per heavy atom. The molecule has 0 spiro atoms. The summed E-state index contributed by atoms with van der Waals surface area (Å²) < 4.78 is 66.0. The van der Waals surface area contributed by atoms with Crippen LogP contribution in [0.5, 0.6) is 0 Å². The van der Waals surface area contributed by atoms with Crippen molar-refractivity contribution in [2.75, 3.05) is 13.2 Å². The van der Waals surface area contributed by atoms with Gasteiger partial charge in [-0.15, -0.1) is 0 Å². The molecule has 4 saturated heterocycles. The summed E-state index contributed by atoms with van der Waals surface area (Å²) in [4.78, 5) is 36.6. The quantitative estimate of drug-likeness (QED) is 0.0786. The van der Waals surface area contributed by atoms with E-state index in [1.54, 1.807) is 40.7 Å². The van der Waals surface area contributed by atoms with E-state index in [9.17, 15) is 50.1 Å². The monoisotopic (exact) mass is 1050 g/mol. The smallest absolute Gasteiger partial charge is 0.331 e. The number of aliphatic hydroxyl groups is 7. The first-order valence-electron chi connectivity index (χ1n) is 27.2. The number of hydrogen-bond donors (Lipinski definition) is 7. The topological polar surface area (TPSA) is 294 Å². The number of cyclic esters (lactones) is 1. The van der Waals surface area contributed by atoms with Gasteiger partial charge in [-0.3, -0.25) is 9.59 Å². The first-order chi connectivity index (χ1) is 34.9. The van der Waals surface area contributed by atoms with E-state index in [1.807, 2.05) is 6.92 Å². The molecule has 420 valence electrons. The molecule has 0 amide bonds. The Hall–Kier alpha value is -2.45. The van der Waals surface area contributed by atoms with E-state index < -0.39 is 146 Å². The van der Waals surface area contributed by atoms with Gasteiger partial charge in [0, 0.05) is 37.7 Å². The predicted molar refractivity (Wildman–Crippen MR) is 254 cm³/mol. The molecule has 0 bridgehead atoms. The second-order valence-electron chi connectivity index (χ2n) is 23.8. The second-order valence-corrected chi connectivity index (χ2v) is 23.8. The zero-order valence-corrected chi connectivity index (χ0v) is 44.0. The number of fused-ring (bicyclic) bond motifs is 5. The van der Waals surface area contributed by atoms with Crippen molar-refractivity contribution in [3.8, 4) is 0 Å². The van der Waals surface area contributed by atoms with Gasteiger partial charge < -0.3 is 87.9 Å². The van der Waals surface area contributed by atoms with Crippen molar-refractivity contribution in [2.45, 2.75) is 248 Å². The van der Waals surface area contributed by atoms with Gasteiger partial charge in [0.1, 0.15) is 49.3 Å². The van der Waals surface area contributed by atoms with Gasteiger partial charge in [-0.25, -0.2) is 4.79 Å². The van der Waals surface area contributed by atoms with Crippen LogP contribution in [0.4, 0.5) is 0 Å². The van der Waals surface area contributed by atoms with Gasteiger partial charge in [0.2, 0.25) is 0 Å². The molecule has 0 aromatic carbocycles. The van der Waals surface area contributed by atoms with E-state index in [0.717, 1.165) is 37.7 Å². The fraction of sp³-hybridized carbons (Fsp3) is 0.906. The standard InChI is InChI=1S/C53H82O21/c1-23(2)49(62)73-48-37(21-54)70-50(44(61)43(48)60)74-47-26(5)67-42(20-36(47)68-27(6)55)72-46-25(4)66-41(19-35(46)57)71-45-24(3)65-40(18-34(45)56)69-30-11-13-51(7)29(16-30)9-10-32-33(51)17-38(58)52(8)31(12-14-53(32,52)63)28-15-39(59)64-22-28/h15,23-26,29-38,40-48,50,54,56-58,60-61,63H,9-14,16-22H2,1-8H3/t24-,25-,26-,29-,30+,31-,32-,33+,34+,35+,36+,37-,38-,40+,41+,42+,43-,44-,45-,46-,47-,48-,50+,51+,52+,53+/m1/s1. The number of esters is 3. The lowest BCUT2D eigenvalue weighted by molar-refractivity contribution is -0.355. The average Bonchev–Trinajstić information content (AvgIpc) is 3.89. The Kier molecular flexibility index (Phi) is 16.7. The lowest BCUT2D eigenvalue weighted by Gasteiger charge is -2.65. The molecule has 4 aliphatic carbocycles. The highest BCUT2D eigenvalue weighted by Gasteiger charge is 2.71. The Morgan fingerprint density at radius 1 is 0.716 bits per heavy atom. The van der Waals surface area contributed by atoms with Crippen LogP contribution in [0.2, 0.25) is 0 Å². The highest BCUT2D eigenvalue weighted by molar-refractivity contribution is 5.85. The van der Waals surface area contributed by atoms with E-state index in [-0.39, 0.29) is 61.1 Å². The molecule has 0 unspecified atom stereocenters. The Labute approximate surface area is 432 Å². The van der Waals surface area contributed by atoms with Crippen LogP contribution in [0, 0.1) is 40.4 Å². The maximum Gasteiger partial charge on any atom is 0.331 e. The van der Waals surface area contributed by atoms with Crippen LogP contribution >= 0.6 is 0 Å². The van der Waals surface area contributed by atoms with E-state index in [2.05, 4.69) is 6.92 Å². The molecular formula is C53H82O21. The molecule has 0 aromatic rings. The van der Waals surface area contributed by atoms with Crippen molar-refractivity contribution in [2.24, 2.45) is 40.4 Å².